The summed E-state index contributed by atoms with van der Waals surface area (Å²) in [6.45, 7) is 2.16. The highest BCUT2D eigenvalue weighted by atomic mass is 79.9. The lowest BCUT2D eigenvalue weighted by molar-refractivity contribution is 0.208. The number of pyridine rings is 1. The second-order valence-corrected chi connectivity index (χ2v) is 5.45. The molecule has 2 aromatic rings. The maximum Gasteiger partial charge on any atom is 0.189 e. The van der Waals surface area contributed by atoms with Crippen molar-refractivity contribution >= 4 is 44.5 Å². The zero-order chi connectivity index (χ0) is 13.1. The van der Waals surface area contributed by atoms with Gasteiger partial charge in [-0.3, -0.25) is 0 Å². The summed E-state index contributed by atoms with van der Waals surface area (Å²) in [5, 5.41) is 13.9. The minimum absolute atomic E-state index is 0.429. The Bertz CT molecular complexity index is 564. The van der Waals surface area contributed by atoms with Gasteiger partial charge in [0.25, 0.3) is 0 Å². The SMILES string of the molecule is CSc1ncc2cc(Br)c(NCC(C)O)nc2n1. The summed E-state index contributed by atoms with van der Waals surface area (Å²) in [5.41, 5.74) is 0.644. The molecule has 0 aliphatic rings. The Kier molecular flexibility index (Phi) is 4.36. The topological polar surface area (TPSA) is 70.9 Å². The molecule has 96 valence electrons. The van der Waals surface area contributed by atoms with Gasteiger partial charge in [0.1, 0.15) is 5.82 Å². The van der Waals surface area contributed by atoms with Crippen LogP contribution in [-0.4, -0.2) is 39.0 Å². The van der Waals surface area contributed by atoms with Crippen LogP contribution in [0.4, 0.5) is 5.82 Å². The predicted octanol–water partition coefficient (Wildman–Crippen LogP) is 2.30. The summed E-state index contributed by atoms with van der Waals surface area (Å²) < 4.78 is 0.830. The first-order valence-corrected chi connectivity index (χ1v) is 7.41. The van der Waals surface area contributed by atoms with E-state index in [1.54, 1.807) is 13.1 Å². The summed E-state index contributed by atoms with van der Waals surface area (Å²) >= 11 is 4.91. The summed E-state index contributed by atoms with van der Waals surface area (Å²) in [7, 11) is 0. The molecule has 0 spiro atoms. The highest BCUT2D eigenvalue weighted by Crippen LogP contribution is 2.25. The minimum Gasteiger partial charge on any atom is -0.392 e. The average Bonchev–Trinajstić information content (AvgIpc) is 2.35. The van der Waals surface area contributed by atoms with Gasteiger partial charge in [0.2, 0.25) is 0 Å². The van der Waals surface area contributed by atoms with Gasteiger partial charge in [-0.05, 0) is 35.2 Å². The van der Waals surface area contributed by atoms with Crippen LogP contribution in [0.1, 0.15) is 6.92 Å². The van der Waals surface area contributed by atoms with Crippen molar-refractivity contribution in [3.8, 4) is 0 Å². The van der Waals surface area contributed by atoms with Gasteiger partial charge in [-0.15, -0.1) is 0 Å². The monoisotopic (exact) mass is 328 g/mol. The fourth-order valence-electron chi connectivity index (χ4n) is 1.39. The maximum atomic E-state index is 9.27. The number of nitrogens with one attached hydrogen (secondary N) is 1. The largest absolute Gasteiger partial charge is 0.392 e. The van der Waals surface area contributed by atoms with Crippen LogP contribution in [0.2, 0.25) is 0 Å². The van der Waals surface area contributed by atoms with Gasteiger partial charge in [-0.1, -0.05) is 11.8 Å². The molecule has 2 aromatic heterocycles. The fraction of sp³-hybridized carbons (Fsp3) is 0.364. The van der Waals surface area contributed by atoms with Crippen LogP contribution in [0.15, 0.2) is 21.9 Å². The van der Waals surface area contributed by atoms with E-state index in [0.717, 1.165) is 9.86 Å². The Balaban J connectivity index is 2.38. The maximum absolute atomic E-state index is 9.27. The minimum atomic E-state index is -0.429. The second kappa shape index (κ2) is 5.81. The first-order valence-electron chi connectivity index (χ1n) is 5.39. The number of anilines is 1. The highest BCUT2D eigenvalue weighted by Gasteiger charge is 2.07. The van der Waals surface area contributed by atoms with Crippen LogP contribution in [0.3, 0.4) is 0 Å². The molecule has 0 aliphatic carbocycles. The molecule has 0 fully saturated rings. The van der Waals surface area contributed by atoms with Crippen molar-refractivity contribution < 1.29 is 5.11 Å². The van der Waals surface area contributed by atoms with Gasteiger partial charge in [0, 0.05) is 18.1 Å². The molecule has 0 radical (unpaired) electrons. The Morgan fingerprint density at radius 2 is 2.28 bits per heavy atom. The molecule has 18 heavy (non-hydrogen) atoms. The molecule has 0 saturated heterocycles. The van der Waals surface area contributed by atoms with E-state index in [-0.39, 0.29) is 0 Å². The van der Waals surface area contributed by atoms with E-state index in [0.29, 0.717) is 23.2 Å². The zero-order valence-corrected chi connectivity index (χ0v) is 12.4. The van der Waals surface area contributed by atoms with Crippen molar-refractivity contribution in [3.63, 3.8) is 0 Å². The molecule has 0 saturated carbocycles. The third-order valence-corrected chi connectivity index (χ3v) is 3.41. The number of aliphatic hydroxyl groups is 1. The van der Waals surface area contributed by atoms with Crippen LogP contribution >= 0.6 is 27.7 Å². The standard InChI is InChI=1S/C11H13BrN4OS/c1-6(17)4-13-10-8(12)3-7-5-14-11(18-2)16-9(7)15-10/h3,5-6,17H,4H2,1-2H3,(H,13,14,15,16). The number of hydrogen-bond acceptors (Lipinski definition) is 6. The fourth-order valence-corrected chi connectivity index (χ4v) is 2.20. The average molecular weight is 329 g/mol. The molecular weight excluding hydrogens is 316 g/mol. The van der Waals surface area contributed by atoms with Crippen molar-refractivity contribution in [2.75, 3.05) is 18.1 Å². The lowest BCUT2D eigenvalue weighted by Crippen LogP contribution is -2.16. The number of thioether (sulfide) groups is 1. The first-order chi connectivity index (χ1) is 8.60. The summed E-state index contributed by atoms with van der Waals surface area (Å²) in [4.78, 5) is 13.0. The Morgan fingerprint density at radius 3 is 2.94 bits per heavy atom. The Morgan fingerprint density at radius 1 is 1.50 bits per heavy atom. The number of halogens is 1. The second-order valence-electron chi connectivity index (χ2n) is 3.82. The number of aromatic nitrogens is 3. The van der Waals surface area contributed by atoms with E-state index < -0.39 is 6.10 Å². The third-order valence-electron chi connectivity index (χ3n) is 2.25. The van der Waals surface area contributed by atoms with E-state index in [9.17, 15) is 5.11 Å². The molecule has 2 N–H and O–H groups in total. The Labute approximate surface area is 118 Å². The number of nitrogens with zero attached hydrogens (tertiary/aromatic N) is 3. The van der Waals surface area contributed by atoms with Crippen molar-refractivity contribution in [3.05, 3.63) is 16.7 Å². The zero-order valence-electron chi connectivity index (χ0n) is 10.0. The van der Waals surface area contributed by atoms with Crippen molar-refractivity contribution in [2.45, 2.75) is 18.2 Å². The molecule has 2 heterocycles. The van der Waals surface area contributed by atoms with E-state index >= 15 is 0 Å². The van der Waals surface area contributed by atoms with Gasteiger partial charge in [0.15, 0.2) is 10.8 Å². The molecule has 2 rings (SSSR count). The highest BCUT2D eigenvalue weighted by molar-refractivity contribution is 9.10. The number of hydrogen-bond donors (Lipinski definition) is 2. The summed E-state index contributed by atoms with van der Waals surface area (Å²) in [6, 6.07) is 1.91. The van der Waals surface area contributed by atoms with Crippen LogP contribution in [-0.2, 0) is 0 Å². The van der Waals surface area contributed by atoms with E-state index in [1.165, 1.54) is 11.8 Å². The van der Waals surface area contributed by atoms with Crippen LogP contribution in [0.25, 0.3) is 11.0 Å². The van der Waals surface area contributed by atoms with Crippen LogP contribution in [0, 0.1) is 0 Å². The first kappa shape index (κ1) is 13.5. The smallest absolute Gasteiger partial charge is 0.189 e. The van der Waals surface area contributed by atoms with Gasteiger partial charge in [0.05, 0.1) is 10.6 Å². The molecule has 7 heteroatoms. The normalized spacial score (nSPS) is 12.7. The van der Waals surface area contributed by atoms with Gasteiger partial charge < -0.3 is 10.4 Å². The van der Waals surface area contributed by atoms with Gasteiger partial charge in [-0.2, -0.15) is 0 Å². The summed E-state index contributed by atoms with van der Waals surface area (Å²) in [5.74, 6) is 0.675. The third kappa shape index (κ3) is 3.09. The van der Waals surface area contributed by atoms with E-state index in [1.807, 2.05) is 12.3 Å². The van der Waals surface area contributed by atoms with Crippen LogP contribution < -0.4 is 5.32 Å². The van der Waals surface area contributed by atoms with Crippen molar-refractivity contribution in [2.24, 2.45) is 0 Å². The Hall–Kier alpha value is -0.920. The van der Waals surface area contributed by atoms with E-state index in [4.69, 9.17) is 0 Å². The summed E-state index contributed by atoms with van der Waals surface area (Å²) in [6.07, 6.45) is 3.25. The lowest BCUT2D eigenvalue weighted by Gasteiger charge is -2.10. The van der Waals surface area contributed by atoms with Crippen LogP contribution in [0.5, 0.6) is 0 Å². The molecule has 0 bridgehead atoms. The molecule has 5 nitrogen and oxygen atoms in total. The predicted molar refractivity (Wildman–Crippen MR) is 77.0 cm³/mol. The van der Waals surface area contributed by atoms with Crippen molar-refractivity contribution in [1.82, 2.24) is 15.0 Å². The molecule has 0 amide bonds. The molecule has 1 atom stereocenters. The molecule has 0 aliphatic heterocycles. The number of aliphatic hydroxyl groups excluding tert-OH is 1. The number of fused-ring (bicyclic) bond motifs is 1. The number of rotatable bonds is 4. The van der Waals surface area contributed by atoms with Crippen molar-refractivity contribution in [1.29, 1.82) is 0 Å². The van der Waals surface area contributed by atoms with Gasteiger partial charge >= 0.3 is 0 Å². The van der Waals surface area contributed by atoms with Gasteiger partial charge in [-0.25, -0.2) is 15.0 Å². The molecular formula is C11H13BrN4OS. The molecule has 1 unspecified atom stereocenters. The van der Waals surface area contributed by atoms with E-state index in [2.05, 4.69) is 36.2 Å². The lowest BCUT2D eigenvalue weighted by atomic mass is 10.3. The molecule has 0 aromatic carbocycles. The quantitative estimate of drug-likeness (QED) is 0.663.